The number of benzene rings is 13. The van der Waals surface area contributed by atoms with E-state index in [1.807, 2.05) is 0 Å². The van der Waals surface area contributed by atoms with Crippen LogP contribution in [0.1, 0.15) is 0 Å². The highest BCUT2D eigenvalue weighted by molar-refractivity contribution is 6.24. The third-order valence-electron chi connectivity index (χ3n) is 15.0. The first-order valence-electron chi connectivity index (χ1n) is 24.7. The molecule has 334 valence electrons. The van der Waals surface area contributed by atoms with Crippen molar-refractivity contribution in [1.82, 2.24) is 0 Å². The summed E-state index contributed by atoms with van der Waals surface area (Å²) >= 11 is 0. The first kappa shape index (κ1) is 40.4. The van der Waals surface area contributed by atoms with Crippen LogP contribution in [-0.2, 0) is 0 Å². The smallest absolute Gasteiger partial charge is 0.143 e. The number of furan rings is 2. The van der Waals surface area contributed by atoms with Gasteiger partial charge in [-0.05, 0) is 99.7 Å². The summed E-state index contributed by atoms with van der Waals surface area (Å²) in [5, 5.41) is 14.1. The van der Waals surface area contributed by atoms with Gasteiger partial charge in [-0.1, -0.05) is 243 Å². The van der Waals surface area contributed by atoms with Crippen LogP contribution in [0.15, 0.2) is 264 Å². The van der Waals surface area contributed by atoms with Crippen molar-refractivity contribution >= 4 is 87.0 Å². The van der Waals surface area contributed by atoms with Gasteiger partial charge < -0.3 is 8.83 Å². The van der Waals surface area contributed by atoms with Crippen LogP contribution in [-0.4, -0.2) is 0 Å². The molecule has 0 saturated carbocycles. The minimum Gasteiger partial charge on any atom is -0.455 e. The topological polar surface area (TPSA) is 26.3 Å². The lowest BCUT2D eigenvalue weighted by Crippen LogP contribution is -1.91. The monoisotopic (exact) mass is 914 g/mol. The second-order valence-corrected chi connectivity index (χ2v) is 19.0. The molecule has 2 heteroatoms. The van der Waals surface area contributed by atoms with Gasteiger partial charge in [0.15, 0.2) is 0 Å². The molecule has 0 fully saturated rings. The minimum absolute atomic E-state index is 0.908. The summed E-state index contributed by atoms with van der Waals surface area (Å²) in [6, 6.07) is 92.2. The van der Waals surface area contributed by atoms with Crippen molar-refractivity contribution in [3.05, 3.63) is 255 Å². The fourth-order valence-electron chi connectivity index (χ4n) is 11.8. The van der Waals surface area contributed by atoms with Crippen molar-refractivity contribution < 1.29 is 8.83 Å². The molecule has 0 spiro atoms. The van der Waals surface area contributed by atoms with Gasteiger partial charge in [0.2, 0.25) is 0 Å². The van der Waals surface area contributed by atoms with Gasteiger partial charge in [0, 0.05) is 43.8 Å². The highest BCUT2D eigenvalue weighted by atomic mass is 16.3. The summed E-state index contributed by atoms with van der Waals surface area (Å²) < 4.78 is 14.0. The van der Waals surface area contributed by atoms with E-state index in [4.69, 9.17) is 8.83 Å². The zero-order chi connectivity index (χ0) is 47.3. The molecule has 2 nitrogen and oxygen atoms in total. The van der Waals surface area contributed by atoms with E-state index in [1.54, 1.807) is 0 Å². The SMILES string of the molecule is c1ccc(-c2cccc3c2oc2c(-c4ccc(-c5c6ccccc6c(-c6ccc(-c7c8ccccc8cc8c7oc7c(-c9ccccc9)cccc78)cc6)c6ccccc56)cc4)c4ccccc4cc23)cc1. The Morgan fingerprint density at radius 3 is 0.861 bits per heavy atom. The predicted molar refractivity (Wildman–Crippen MR) is 304 cm³/mol. The average Bonchev–Trinajstić information content (AvgIpc) is 4.02. The highest BCUT2D eigenvalue weighted by Gasteiger charge is 2.23. The van der Waals surface area contributed by atoms with Crippen molar-refractivity contribution in [2.24, 2.45) is 0 Å². The minimum atomic E-state index is 0.908. The molecule has 0 N–H and O–H groups in total. The van der Waals surface area contributed by atoms with E-state index in [1.165, 1.54) is 65.3 Å². The Balaban J connectivity index is 0.872. The fraction of sp³-hybridized carbons (Fsp3) is 0. The van der Waals surface area contributed by atoms with Crippen LogP contribution < -0.4 is 0 Å². The average molecular weight is 915 g/mol. The molecule has 72 heavy (non-hydrogen) atoms. The van der Waals surface area contributed by atoms with Gasteiger partial charge in [0.05, 0.1) is 0 Å². The summed E-state index contributed by atoms with van der Waals surface area (Å²) in [4.78, 5) is 0. The quantitative estimate of drug-likeness (QED) is 0.155. The second-order valence-electron chi connectivity index (χ2n) is 19.0. The maximum absolute atomic E-state index is 7.01. The first-order chi connectivity index (χ1) is 35.7. The molecule has 0 aliphatic rings. The van der Waals surface area contributed by atoms with Crippen molar-refractivity contribution in [3.63, 3.8) is 0 Å². The maximum Gasteiger partial charge on any atom is 0.143 e. The summed E-state index contributed by atoms with van der Waals surface area (Å²) in [7, 11) is 0. The second kappa shape index (κ2) is 16.0. The van der Waals surface area contributed by atoms with Gasteiger partial charge in [-0.3, -0.25) is 0 Å². The number of fused-ring (bicyclic) bond motifs is 10. The third kappa shape index (κ3) is 6.16. The van der Waals surface area contributed by atoms with Crippen molar-refractivity contribution in [1.29, 1.82) is 0 Å². The lowest BCUT2D eigenvalue weighted by Gasteiger charge is -2.18. The van der Waals surface area contributed by atoms with Crippen LogP contribution in [0.3, 0.4) is 0 Å². The maximum atomic E-state index is 7.01. The van der Waals surface area contributed by atoms with E-state index in [2.05, 4.69) is 255 Å². The van der Waals surface area contributed by atoms with E-state index in [0.29, 0.717) is 0 Å². The Morgan fingerprint density at radius 1 is 0.181 bits per heavy atom. The van der Waals surface area contributed by atoms with Gasteiger partial charge in [0.25, 0.3) is 0 Å². The van der Waals surface area contributed by atoms with Gasteiger partial charge >= 0.3 is 0 Å². The van der Waals surface area contributed by atoms with E-state index < -0.39 is 0 Å². The van der Waals surface area contributed by atoms with Crippen LogP contribution >= 0.6 is 0 Å². The highest BCUT2D eigenvalue weighted by Crippen LogP contribution is 2.48. The zero-order valence-corrected chi connectivity index (χ0v) is 39.1. The molecular formula is C70H42O2. The summed E-state index contributed by atoms with van der Waals surface area (Å²) in [5.41, 5.74) is 17.4. The molecule has 0 aliphatic carbocycles. The van der Waals surface area contributed by atoms with Crippen LogP contribution in [0.25, 0.3) is 154 Å². The molecule has 0 bridgehead atoms. The standard InChI is InChI=1S/C70H42O2/c1-3-17-43(18-4-1)53-29-15-31-59-61-41-49-21-7-9-23-51(49)65(69(61)71-67(53)59)47-37-33-45(34-38-47)63-55-25-11-13-27-57(55)64(58-28-14-12-26-56(58)63)46-35-39-48(40-36-46)66-52-24-10-8-22-50(52)42-62-60-32-16-30-54(68(60)72-70(62)66)44-19-5-2-6-20-44/h1-42H. The van der Waals surface area contributed by atoms with Gasteiger partial charge in [-0.15, -0.1) is 0 Å². The summed E-state index contributed by atoms with van der Waals surface area (Å²) in [6.45, 7) is 0. The van der Waals surface area contributed by atoms with E-state index in [0.717, 1.165) is 88.4 Å². The van der Waals surface area contributed by atoms with Gasteiger partial charge in [0.1, 0.15) is 22.3 Å². The van der Waals surface area contributed by atoms with Crippen LogP contribution in [0.5, 0.6) is 0 Å². The van der Waals surface area contributed by atoms with Crippen molar-refractivity contribution in [2.45, 2.75) is 0 Å². The molecule has 15 rings (SSSR count). The number of hydrogen-bond donors (Lipinski definition) is 0. The molecule has 2 heterocycles. The van der Waals surface area contributed by atoms with Gasteiger partial charge in [-0.2, -0.15) is 0 Å². The van der Waals surface area contributed by atoms with Crippen LogP contribution in [0, 0.1) is 0 Å². The van der Waals surface area contributed by atoms with Crippen molar-refractivity contribution in [3.8, 4) is 66.8 Å². The lowest BCUT2D eigenvalue weighted by atomic mass is 9.85. The Labute approximate surface area is 415 Å². The number of rotatable bonds is 6. The van der Waals surface area contributed by atoms with Crippen LogP contribution in [0.4, 0.5) is 0 Å². The first-order valence-corrected chi connectivity index (χ1v) is 24.7. The molecule has 0 radical (unpaired) electrons. The van der Waals surface area contributed by atoms with E-state index in [9.17, 15) is 0 Å². The van der Waals surface area contributed by atoms with E-state index in [-0.39, 0.29) is 0 Å². The fourth-order valence-corrected chi connectivity index (χ4v) is 11.8. The lowest BCUT2D eigenvalue weighted by molar-refractivity contribution is 0.671. The molecule has 0 atom stereocenters. The Morgan fingerprint density at radius 2 is 0.486 bits per heavy atom. The largest absolute Gasteiger partial charge is 0.455 e. The molecule has 0 aliphatic heterocycles. The number of hydrogen-bond acceptors (Lipinski definition) is 2. The predicted octanol–water partition coefficient (Wildman–Crippen LogP) is 20.1. The zero-order valence-electron chi connectivity index (χ0n) is 39.1. The third-order valence-corrected chi connectivity index (χ3v) is 15.0. The summed E-state index contributed by atoms with van der Waals surface area (Å²) in [6.07, 6.45) is 0. The molecule has 13 aromatic carbocycles. The molecule has 0 unspecified atom stereocenters. The molecule has 15 aromatic rings. The van der Waals surface area contributed by atoms with E-state index >= 15 is 0 Å². The summed E-state index contributed by atoms with van der Waals surface area (Å²) in [5.74, 6) is 0. The normalized spacial score (nSPS) is 11.9. The Bertz CT molecular complexity index is 4280. The van der Waals surface area contributed by atoms with Crippen molar-refractivity contribution in [2.75, 3.05) is 0 Å². The Hall–Kier alpha value is -9.50. The Kier molecular flexibility index (Phi) is 8.99. The number of para-hydroxylation sites is 2. The molecule has 0 amide bonds. The van der Waals surface area contributed by atoms with Crippen LogP contribution in [0.2, 0.25) is 0 Å². The molecule has 0 saturated heterocycles. The van der Waals surface area contributed by atoms with Gasteiger partial charge in [-0.25, -0.2) is 0 Å². The molecular weight excluding hydrogens is 873 g/mol. The molecule has 2 aromatic heterocycles.